The lowest BCUT2D eigenvalue weighted by molar-refractivity contribution is -0.133. The van der Waals surface area contributed by atoms with Gasteiger partial charge in [0.15, 0.2) is 0 Å². The summed E-state index contributed by atoms with van der Waals surface area (Å²) in [6.45, 7) is 1.14. The first kappa shape index (κ1) is 20.9. The van der Waals surface area contributed by atoms with Gasteiger partial charge < -0.3 is 9.64 Å². The van der Waals surface area contributed by atoms with Crippen molar-refractivity contribution in [1.29, 1.82) is 0 Å². The van der Waals surface area contributed by atoms with Crippen LogP contribution in [-0.4, -0.2) is 51.7 Å². The van der Waals surface area contributed by atoms with Gasteiger partial charge in [-0.3, -0.25) is 4.79 Å². The summed E-state index contributed by atoms with van der Waals surface area (Å²) in [7, 11) is -1.61. The van der Waals surface area contributed by atoms with Crippen molar-refractivity contribution >= 4 is 15.9 Å². The van der Waals surface area contributed by atoms with Crippen molar-refractivity contribution in [3.05, 3.63) is 54.1 Å². The molecule has 2 fully saturated rings. The van der Waals surface area contributed by atoms with Crippen LogP contribution in [0.3, 0.4) is 0 Å². The number of benzene rings is 2. The number of nitrogens with one attached hydrogen (secondary N) is 1. The molecular formula is C23H28N2O4S. The van der Waals surface area contributed by atoms with Crippen LogP contribution >= 0.6 is 0 Å². The molecule has 1 aliphatic carbocycles. The van der Waals surface area contributed by atoms with E-state index in [0.29, 0.717) is 13.1 Å². The smallest absolute Gasteiger partial charge is 0.226 e. The van der Waals surface area contributed by atoms with Gasteiger partial charge in [-0.2, -0.15) is 0 Å². The summed E-state index contributed by atoms with van der Waals surface area (Å²) >= 11 is 0. The van der Waals surface area contributed by atoms with Crippen LogP contribution in [0, 0.1) is 5.92 Å². The number of hydrogen-bond donors (Lipinski definition) is 1. The molecule has 3 atom stereocenters. The van der Waals surface area contributed by atoms with Crippen LogP contribution in [0.4, 0.5) is 0 Å². The van der Waals surface area contributed by atoms with Gasteiger partial charge in [0.1, 0.15) is 5.75 Å². The average molecular weight is 429 g/mol. The highest BCUT2D eigenvalue weighted by Crippen LogP contribution is 2.52. The second-order valence-electron chi connectivity index (χ2n) is 8.25. The third kappa shape index (κ3) is 4.52. The molecule has 1 heterocycles. The number of sulfonamides is 1. The van der Waals surface area contributed by atoms with Gasteiger partial charge in [0.05, 0.1) is 13.4 Å². The number of methoxy groups -OCH3 is 1. The van der Waals surface area contributed by atoms with Gasteiger partial charge in [-0.25, -0.2) is 13.1 Å². The molecular weight excluding hydrogens is 400 g/mol. The van der Waals surface area contributed by atoms with Crippen LogP contribution in [0.2, 0.25) is 0 Å². The highest BCUT2D eigenvalue weighted by Gasteiger charge is 2.47. The van der Waals surface area contributed by atoms with Gasteiger partial charge in [0.2, 0.25) is 15.9 Å². The third-order valence-electron chi connectivity index (χ3n) is 5.98. The van der Waals surface area contributed by atoms with Crippen molar-refractivity contribution in [2.24, 2.45) is 5.92 Å². The number of carbonyl (C=O) groups excluding carboxylic acids is 1. The van der Waals surface area contributed by atoms with Gasteiger partial charge in [-0.15, -0.1) is 0 Å². The number of piperidine rings is 1. The van der Waals surface area contributed by atoms with Crippen molar-refractivity contribution in [2.75, 3.05) is 26.5 Å². The van der Waals surface area contributed by atoms with Gasteiger partial charge in [0.25, 0.3) is 0 Å². The third-order valence-corrected chi connectivity index (χ3v) is 6.74. The van der Waals surface area contributed by atoms with Gasteiger partial charge in [0, 0.05) is 30.6 Å². The fourth-order valence-electron chi connectivity index (χ4n) is 4.56. The minimum Gasteiger partial charge on any atom is -0.496 e. The quantitative estimate of drug-likeness (QED) is 0.767. The van der Waals surface area contributed by atoms with Crippen molar-refractivity contribution in [3.8, 4) is 16.9 Å². The second-order valence-corrected chi connectivity index (χ2v) is 10.0. The van der Waals surface area contributed by atoms with Crippen molar-refractivity contribution in [3.63, 3.8) is 0 Å². The predicted octanol–water partition coefficient (Wildman–Crippen LogP) is 3.01. The highest BCUT2D eigenvalue weighted by atomic mass is 32.2. The maximum atomic E-state index is 13.2. The minimum atomic E-state index is -3.27. The van der Waals surface area contributed by atoms with Crippen LogP contribution < -0.4 is 9.46 Å². The Kier molecular flexibility index (Phi) is 5.84. The van der Waals surface area contributed by atoms with Gasteiger partial charge in [-0.1, -0.05) is 42.5 Å². The summed E-state index contributed by atoms with van der Waals surface area (Å²) in [5.74, 6) is 1.09. The number of rotatable bonds is 6. The Balaban J connectivity index is 1.51. The van der Waals surface area contributed by atoms with E-state index in [1.807, 2.05) is 41.3 Å². The number of likely N-dealkylation sites (tertiary alicyclic amines) is 1. The topological polar surface area (TPSA) is 75.7 Å². The number of para-hydroxylation sites is 1. The van der Waals surface area contributed by atoms with E-state index in [2.05, 4.69) is 16.9 Å². The first-order valence-electron chi connectivity index (χ1n) is 10.4. The molecule has 1 aliphatic heterocycles. The van der Waals surface area contributed by atoms with E-state index in [0.717, 1.165) is 36.1 Å². The monoisotopic (exact) mass is 428 g/mol. The fraction of sp³-hybridized carbons (Fsp3) is 0.435. The molecule has 0 unspecified atom stereocenters. The summed E-state index contributed by atoms with van der Waals surface area (Å²) in [5, 5.41) is 0. The Hall–Kier alpha value is -2.38. The Morgan fingerprint density at radius 1 is 1.10 bits per heavy atom. The highest BCUT2D eigenvalue weighted by molar-refractivity contribution is 7.88. The molecule has 0 aromatic heterocycles. The Morgan fingerprint density at radius 3 is 2.53 bits per heavy atom. The Morgan fingerprint density at radius 2 is 1.80 bits per heavy atom. The second kappa shape index (κ2) is 8.40. The predicted molar refractivity (Wildman–Crippen MR) is 117 cm³/mol. The molecule has 2 aliphatic rings. The molecule has 160 valence electrons. The summed E-state index contributed by atoms with van der Waals surface area (Å²) in [6.07, 6.45) is 3.57. The summed E-state index contributed by atoms with van der Waals surface area (Å²) < 4.78 is 31.3. The molecule has 1 saturated carbocycles. The van der Waals surface area contributed by atoms with Crippen LogP contribution in [0.15, 0.2) is 48.5 Å². The van der Waals surface area contributed by atoms with E-state index < -0.39 is 10.0 Å². The maximum Gasteiger partial charge on any atom is 0.226 e. The van der Waals surface area contributed by atoms with Crippen molar-refractivity contribution in [2.45, 2.75) is 31.2 Å². The number of nitrogens with zero attached hydrogens (tertiary/aromatic N) is 1. The Bertz CT molecular complexity index is 1040. The molecule has 6 nitrogen and oxygen atoms in total. The lowest BCUT2D eigenvalue weighted by Crippen LogP contribution is -2.49. The van der Waals surface area contributed by atoms with Gasteiger partial charge in [-0.05, 0) is 42.4 Å². The number of ether oxygens (including phenoxy) is 1. The molecule has 7 heteroatoms. The molecule has 0 spiro atoms. The molecule has 1 amide bonds. The maximum absolute atomic E-state index is 13.2. The molecule has 0 radical (unpaired) electrons. The summed E-state index contributed by atoms with van der Waals surface area (Å²) in [5.41, 5.74) is 3.30. The average Bonchev–Trinajstić information content (AvgIpc) is 3.53. The van der Waals surface area contributed by atoms with Crippen molar-refractivity contribution < 1.29 is 17.9 Å². The number of amides is 1. The van der Waals surface area contributed by atoms with E-state index in [9.17, 15) is 13.2 Å². The zero-order valence-corrected chi connectivity index (χ0v) is 18.2. The van der Waals surface area contributed by atoms with Crippen molar-refractivity contribution in [1.82, 2.24) is 9.62 Å². The lowest BCUT2D eigenvalue weighted by atomic mass is 9.95. The van der Waals surface area contributed by atoms with Crippen LogP contribution in [0.1, 0.15) is 30.7 Å². The van der Waals surface area contributed by atoms with Crippen LogP contribution in [-0.2, 0) is 14.8 Å². The lowest BCUT2D eigenvalue weighted by Gasteiger charge is -2.33. The minimum absolute atomic E-state index is 0.0437. The first-order valence-corrected chi connectivity index (χ1v) is 12.2. The number of hydrogen-bond acceptors (Lipinski definition) is 4. The van der Waals surface area contributed by atoms with Gasteiger partial charge >= 0.3 is 0 Å². The molecule has 2 aromatic carbocycles. The molecule has 30 heavy (non-hydrogen) atoms. The van der Waals surface area contributed by atoms with E-state index in [-0.39, 0.29) is 23.8 Å². The molecule has 2 aromatic rings. The fourth-order valence-corrected chi connectivity index (χ4v) is 5.35. The standard InChI is InChI=1S/C23H28N2O4S/c1-29-22-12-6-5-11-19(22)17-9-3-4-10-18(17)20-14-21(20)23(26)25-13-7-8-16(15-25)24-30(2,27)28/h3-6,9-12,16,20-21,24H,7-8,13-15H2,1-2H3/t16-,20-,21+/m0/s1. The van der Waals surface area contributed by atoms with Crippen LogP contribution in [0.25, 0.3) is 11.1 Å². The summed E-state index contributed by atoms with van der Waals surface area (Å²) in [6, 6.07) is 15.9. The normalized spacial score (nSPS) is 23.8. The van der Waals surface area contributed by atoms with E-state index in [1.165, 1.54) is 11.8 Å². The zero-order chi connectivity index (χ0) is 21.3. The number of carbonyl (C=O) groups is 1. The Labute approximate surface area is 178 Å². The molecule has 1 N–H and O–H groups in total. The summed E-state index contributed by atoms with van der Waals surface area (Å²) in [4.78, 5) is 15.0. The van der Waals surface area contributed by atoms with E-state index >= 15 is 0 Å². The zero-order valence-electron chi connectivity index (χ0n) is 17.4. The van der Waals surface area contributed by atoms with Crippen LogP contribution in [0.5, 0.6) is 5.75 Å². The molecule has 1 saturated heterocycles. The first-order chi connectivity index (χ1) is 14.4. The SMILES string of the molecule is COc1ccccc1-c1ccccc1[C@@H]1C[C@H]1C(=O)N1CCC[C@H](NS(C)(=O)=O)C1. The van der Waals surface area contributed by atoms with E-state index in [4.69, 9.17) is 4.74 Å². The largest absolute Gasteiger partial charge is 0.496 e. The van der Waals surface area contributed by atoms with E-state index in [1.54, 1.807) is 7.11 Å². The molecule has 4 rings (SSSR count). The molecule has 0 bridgehead atoms.